The van der Waals surface area contributed by atoms with Crippen LogP contribution in [0.15, 0.2) is 36.5 Å². The monoisotopic (exact) mass is 815 g/mol. The third-order valence-electron chi connectivity index (χ3n) is 10.9. The van der Waals surface area contributed by atoms with Crippen molar-refractivity contribution < 1.29 is 28.6 Å². The van der Waals surface area contributed by atoms with Crippen LogP contribution in [-0.4, -0.2) is 37.2 Å². The topological polar surface area (TPSA) is 78.9 Å². The van der Waals surface area contributed by atoms with Gasteiger partial charge in [-0.15, -0.1) is 0 Å². The number of hydrogen-bond acceptors (Lipinski definition) is 6. The minimum Gasteiger partial charge on any atom is -0.462 e. The van der Waals surface area contributed by atoms with Gasteiger partial charge >= 0.3 is 17.9 Å². The van der Waals surface area contributed by atoms with E-state index in [1.54, 1.807) is 0 Å². The minimum atomic E-state index is -0.785. The molecule has 0 aromatic heterocycles. The van der Waals surface area contributed by atoms with Crippen LogP contribution >= 0.6 is 0 Å². The highest BCUT2D eigenvalue weighted by atomic mass is 16.6. The van der Waals surface area contributed by atoms with Gasteiger partial charge in [0.1, 0.15) is 13.2 Å². The van der Waals surface area contributed by atoms with Gasteiger partial charge in [0.2, 0.25) is 0 Å². The summed E-state index contributed by atoms with van der Waals surface area (Å²) in [5.41, 5.74) is 0. The SMILES string of the molecule is CC/C=C\C/C=C\C/C=C\CCCCC(=O)OC(COC(=O)CCCCCCCCCCCCC)COC(=O)CCCCCCCCCCCCCCCCCCC. The zero-order valence-corrected chi connectivity index (χ0v) is 38.6. The molecule has 0 radical (unpaired) electrons. The second-order valence-corrected chi connectivity index (χ2v) is 16.7. The maximum Gasteiger partial charge on any atom is 0.306 e. The molecule has 0 aromatic rings. The summed E-state index contributed by atoms with van der Waals surface area (Å²) in [4.78, 5) is 37.8. The van der Waals surface area contributed by atoms with Gasteiger partial charge in [-0.25, -0.2) is 0 Å². The molecular weight excluding hydrogens is 721 g/mol. The van der Waals surface area contributed by atoms with Crippen LogP contribution in [0.3, 0.4) is 0 Å². The van der Waals surface area contributed by atoms with Gasteiger partial charge in [-0.05, 0) is 51.4 Å². The number of carbonyl (C=O) groups is 3. The van der Waals surface area contributed by atoms with E-state index in [0.717, 1.165) is 70.6 Å². The van der Waals surface area contributed by atoms with Gasteiger partial charge in [-0.3, -0.25) is 14.4 Å². The summed E-state index contributed by atoms with van der Waals surface area (Å²) >= 11 is 0. The average Bonchev–Trinajstić information content (AvgIpc) is 3.22. The molecular formula is C52H94O6. The maximum absolute atomic E-state index is 12.7. The van der Waals surface area contributed by atoms with Crippen molar-refractivity contribution in [2.24, 2.45) is 0 Å². The Morgan fingerprint density at radius 2 is 0.672 bits per heavy atom. The van der Waals surface area contributed by atoms with Crippen LogP contribution in [0.5, 0.6) is 0 Å². The Labute approximate surface area is 359 Å². The number of hydrogen-bond donors (Lipinski definition) is 0. The van der Waals surface area contributed by atoms with Crippen LogP contribution in [-0.2, 0) is 28.6 Å². The van der Waals surface area contributed by atoms with Gasteiger partial charge in [-0.1, -0.05) is 224 Å². The van der Waals surface area contributed by atoms with Crippen molar-refractivity contribution in [1.29, 1.82) is 0 Å². The summed E-state index contributed by atoms with van der Waals surface area (Å²) in [7, 11) is 0. The van der Waals surface area contributed by atoms with Crippen LogP contribution < -0.4 is 0 Å². The Hall–Kier alpha value is -2.37. The molecule has 58 heavy (non-hydrogen) atoms. The van der Waals surface area contributed by atoms with Gasteiger partial charge in [0.25, 0.3) is 0 Å². The van der Waals surface area contributed by atoms with Gasteiger partial charge in [0, 0.05) is 19.3 Å². The molecule has 0 saturated heterocycles. The zero-order chi connectivity index (χ0) is 42.3. The lowest BCUT2D eigenvalue weighted by molar-refractivity contribution is -0.167. The summed E-state index contributed by atoms with van der Waals surface area (Å²) in [5.74, 6) is -0.915. The molecule has 0 amide bonds. The quantitative estimate of drug-likeness (QED) is 0.0264. The molecule has 0 bridgehead atoms. The Kier molecular flexibility index (Phi) is 45.4. The van der Waals surface area contributed by atoms with Crippen LogP contribution in [0.2, 0.25) is 0 Å². The fraction of sp³-hybridized carbons (Fsp3) is 0.827. The van der Waals surface area contributed by atoms with Crippen molar-refractivity contribution in [2.45, 2.75) is 264 Å². The highest BCUT2D eigenvalue weighted by Crippen LogP contribution is 2.16. The van der Waals surface area contributed by atoms with Gasteiger partial charge in [-0.2, -0.15) is 0 Å². The fourth-order valence-corrected chi connectivity index (χ4v) is 7.16. The van der Waals surface area contributed by atoms with E-state index in [1.807, 2.05) is 0 Å². The first-order chi connectivity index (χ1) is 28.5. The van der Waals surface area contributed by atoms with Gasteiger partial charge in [0.15, 0.2) is 6.10 Å². The predicted molar refractivity (Wildman–Crippen MR) is 247 cm³/mol. The fourth-order valence-electron chi connectivity index (χ4n) is 7.16. The van der Waals surface area contributed by atoms with Crippen molar-refractivity contribution in [3.8, 4) is 0 Å². The van der Waals surface area contributed by atoms with E-state index in [2.05, 4.69) is 57.2 Å². The van der Waals surface area contributed by atoms with E-state index in [4.69, 9.17) is 14.2 Å². The highest BCUT2D eigenvalue weighted by molar-refractivity contribution is 5.71. The summed E-state index contributed by atoms with van der Waals surface area (Å²) in [6.07, 6.45) is 54.2. The largest absolute Gasteiger partial charge is 0.462 e. The first-order valence-corrected chi connectivity index (χ1v) is 25.0. The molecule has 0 N–H and O–H groups in total. The van der Waals surface area contributed by atoms with Gasteiger partial charge in [0.05, 0.1) is 0 Å². The Morgan fingerprint density at radius 3 is 1.05 bits per heavy atom. The number of carbonyl (C=O) groups excluding carboxylic acids is 3. The summed E-state index contributed by atoms with van der Waals surface area (Å²) in [5, 5.41) is 0. The molecule has 6 nitrogen and oxygen atoms in total. The normalized spacial score (nSPS) is 12.3. The molecule has 1 atom stereocenters. The second kappa shape index (κ2) is 47.3. The summed E-state index contributed by atoms with van der Waals surface area (Å²) < 4.78 is 16.7. The van der Waals surface area contributed by atoms with Crippen LogP contribution in [0, 0.1) is 0 Å². The van der Waals surface area contributed by atoms with E-state index in [0.29, 0.717) is 19.3 Å². The molecule has 1 unspecified atom stereocenters. The molecule has 0 fully saturated rings. The van der Waals surface area contributed by atoms with E-state index < -0.39 is 6.10 Å². The molecule has 0 aromatic carbocycles. The lowest BCUT2D eigenvalue weighted by Gasteiger charge is -2.18. The lowest BCUT2D eigenvalue weighted by atomic mass is 10.0. The van der Waals surface area contributed by atoms with E-state index in [1.165, 1.54) is 141 Å². The highest BCUT2D eigenvalue weighted by Gasteiger charge is 2.19. The number of esters is 3. The second-order valence-electron chi connectivity index (χ2n) is 16.7. The zero-order valence-electron chi connectivity index (χ0n) is 38.6. The molecule has 0 saturated carbocycles. The first kappa shape index (κ1) is 55.6. The molecule has 6 heteroatoms. The third-order valence-corrected chi connectivity index (χ3v) is 10.9. The van der Waals surface area contributed by atoms with Crippen molar-refractivity contribution in [2.75, 3.05) is 13.2 Å². The summed E-state index contributed by atoms with van der Waals surface area (Å²) in [6.45, 7) is 6.50. The van der Waals surface area contributed by atoms with E-state index >= 15 is 0 Å². The van der Waals surface area contributed by atoms with Crippen LogP contribution in [0.1, 0.15) is 258 Å². The van der Waals surface area contributed by atoms with Crippen molar-refractivity contribution in [1.82, 2.24) is 0 Å². The van der Waals surface area contributed by atoms with E-state index in [-0.39, 0.29) is 37.5 Å². The Morgan fingerprint density at radius 1 is 0.362 bits per heavy atom. The van der Waals surface area contributed by atoms with Gasteiger partial charge < -0.3 is 14.2 Å². The summed E-state index contributed by atoms with van der Waals surface area (Å²) in [6, 6.07) is 0. The molecule has 0 aliphatic rings. The number of unbranched alkanes of at least 4 members (excludes halogenated alkanes) is 28. The molecule has 338 valence electrons. The molecule has 0 rings (SSSR count). The van der Waals surface area contributed by atoms with Crippen molar-refractivity contribution in [3.05, 3.63) is 36.5 Å². The number of allylic oxidation sites excluding steroid dienone is 6. The number of rotatable bonds is 45. The van der Waals surface area contributed by atoms with E-state index in [9.17, 15) is 14.4 Å². The molecule has 0 heterocycles. The Bertz CT molecular complexity index is 984. The minimum absolute atomic E-state index is 0.0836. The average molecular weight is 815 g/mol. The van der Waals surface area contributed by atoms with Crippen LogP contribution in [0.25, 0.3) is 0 Å². The van der Waals surface area contributed by atoms with Crippen molar-refractivity contribution >= 4 is 17.9 Å². The number of ether oxygens (including phenoxy) is 3. The van der Waals surface area contributed by atoms with Crippen LogP contribution in [0.4, 0.5) is 0 Å². The smallest absolute Gasteiger partial charge is 0.306 e. The lowest BCUT2D eigenvalue weighted by Crippen LogP contribution is -2.30. The third kappa shape index (κ3) is 44.7. The molecule has 0 aliphatic carbocycles. The maximum atomic E-state index is 12.7. The standard InChI is InChI=1S/C52H94O6/c1-4-7-10-13-16-19-22-24-25-26-27-28-31-33-36-39-42-45-51(54)57-48-49(47-56-50(53)44-41-38-35-32-29-21-18-15-12-9-6-3)58-52(55)46-43-40-37-34-30-23-20-17-14-11-8-5-2/h8,11,17,20,30,34,49H,4-7,9-10,12-16,18-19,21-29,31-33,35-48H2,1-3H3/b11-8-,20-17-,34-30-. The first-order valence-electron chi connectivity index (χ1n) is 25.0. The van der Waals surface area contributed by atoms with Crippen molar-refractivity contribution in [3.63, 3.8) is 0 Å². The molecule has 0 spiro atoms. The Balaban J connectivity index is 4.34. The molecule has 0 aliphatic heterocycles. The predicted octanol–water partition coefficient (Wildman–Crippen LogP) is 16.1.